The van der Waals surface area contributed by atoms with Gasteiger partial charge >= 0.3 is 5.97 Å². The third-order valence-electron chi connectivity index (χ3n) is 10.7. The van der Waals surface area contributed by atoms with E-state index in [0.29, 0.717) is 53.6 Å². The highest BCUT2D eigenvalue weighted by Gasteiger charge is 2.24. The number of fused-ring (bicyclic) bond motifs is 3. The number of aliphatic imine (C=N–C) groups is 2. The average Bonchev–Trinajstić information content (AvgIpc) is 3.43. The summed E-state index contributed by atoms with van der Waals surface area (Å²) in [6.45, 7) is 13.1. The molecule has 3 heterocycles. The van der Waals surface area contributed by atoms with E-state index in [0.717, 1.165) is 102 Å². The number of nitrogens with two attached hydrogens (primary N) is 2. The second-order valence-electron chi connectivity index (χ2n) is 16.0. The Hall–Kier alpha value is -6.82. The molecular weight excluding hydrogens is 793 g/mol. The van der Waals surface area contributed by atoms with Gasteiger partial charge in [-0.25, -0.2) is 14.8 Å². The topological polar surface area (TPSA) is 170 Å². The van der Waals surface area contributed by atoms with Crippen LogP contribution in [0.2, 0.25) is 0 Å². The molecule has 0 fully saturated rings. The van der Waals surface area contributed by atoms with Crippen molar-refractivity contribution >= 4 is 58.8 Å². The van der Waals surface area contributed by atoms with Gasteiger partial charge in [0.2, 0.25) is 11.8 Å². The zero-order chi connectivity index (χ0) is 45.0. The number of carbonyl (C=O) groups excluding carboxylic acids is 4. The van der Waals surface area contributed by atoms with Gasteiger partial charge in [-0.2, -0.15) is 0 Å². The molecule has 0 unspecified atom stereocenters. The fourth-order valence-electron chi connectivity index (χ4n) is 7.77. The molecule has 4 N–H and O–H groups in total. The quantitative estimate of drug-likeness (QED) is 0.112. The van der Waals surface area contributed by atoms with Crippen LogP contribution in [-0.4, -0.2) is 77.8 Å². The zero-order valence-electron chi connectivity index (χ0n) is 37.0. The van der Waals surface area contributed by atoms with Crippen LogP contribution in [0, 0.1) is 0 Å². The van der Waals surface area contributed by atoms with Crippen molar-refractivity contribution in [2.75, 3.05) is 32.8 Å². The number of ether oxygens (including phenoxy) is 2. The molecule has 0 atom stereocenters. The molecule has 0 aliphatic carbocycles. The minimum absolute atomic E-state index is 0.0197. The number of amides is 2. The minimum Gasteiger partial charge on any atom is -0.486 e. The normalized spacial score (nSPS) is 13.8. The van der Waals surface area contributed by atoms with Crippen LogP contribution in [0.25, 0.3) is 34.4 Å². The second-order valence-corrected chi connectivity index (χ2v) is 16.0. The number of carbonyl (C=O) groups is 4. The number of cyclic esters (lactones) is 1. The first-order valence-electron chi connectivity index (χ1n) is 21.9. The van der Waals surface area contributed by atoms with Gasteiger partial charge in [0.05, 0.1) is 16.9 Å². The van der Waals surface area contributed by atoms with E-state index in [1.54, 1.807) is 6.07 Å². The molecule has 0 saturated carbocycles. The third kappa shape index (κ3) is 11.6. The molecule has 0 spiro atoms. The summed E-state index contributed by atoms with van der Waals surface area (Å²) in [7, 11) is 0. The Labute approximate surface area is 370 Å². The molecule has 0 saturated heterocycles. The van der Waals surface area contributed by atoms with Gasteiger partial charge in [0, 0.05) is 66.9 Å². The molecule has 4 aromatic rings. The van der Waals surface area contributed by atoms with Crippen LogP contribution in [0.1, 0.15) is 100 Å². The zero-order valence-corrected chi connectivity index (χ0v) is 37.0. The molecule has 4 aromatic carbocycles. The van der Waals surface area contributed by atoms with E-state index >= 15 is 0 Å². The van der Waals surface area contributed by atoms with Crippen LogP contribution in [0.4, 0.5) is 11.4 Å². The largest absolute Gasteiger partial charge is 0.486 e. The summed E-state index contributed by atoms with van der Waals surface area (Å²) in [6.07, 6.45) is 8.18. The van der Waals surface area contributed by atoms with Crippen LogP contribution in [0.15, 0.2) is 100.0 Å². The van der Waals surface area contributed by atoms with Crippen LogP contribution < -0.4 is 16.2 Å². The van der Waals surface area contributed by atoms with Gasteiger partial charge in [-0.3, -0.25) is 14.4 Å². The second kappa shape index (κ2) is 21.3. The van der Waals surface area contributed by atoms with E-state index in [-0.39, 0.29) is 30.2 Å². The molecule has 0 aromatic heterocycles. The molecule has 0 bridgehead atoms. The minimum atomic E-state index is -0.275. The van der Waals surface area contributed by atoms with Crippen molar-refractivity contribution in [1.82, 2.24) is 9.80 Å². The van der Waals surface area contributed by atoms with E-state index in [2.05, 4.69) is 37.7 Å². The van der Waals surface area contributed by atoms with Crippen LogP contribution in [0.3, 0.4) is 0 Å². The van der Waals surface area contributed by atoms with Crippen molar-refractivity contribution in [2.24, 2.45) is 21.5 Å². The predicted octanol–water partition coefficient (Wildman–Crippen LogP) is 9.19. The lowest BCUT2D eigenvalue weighted by atomic mass is 9.98. The van der Waals surface area contributed by atoms with Gasteiger partial charge in [0.15, 0.2) is 5.78 Å². The molecule has 0 radical (unpaired) electrons. The van der Waals surface area contributed by atoms with Gasteiger partial charge in [0.1, 0.15) is 30.6 Å². The van der Waals surface area contributed by atoms with Gasteiger partial charge in [-0.15, -0.1) is 0 Å². The summed E-state index contributed by atoms with van der Waals surface area (Å²) >= 11 is 0. The number of amidine groups is 2. The molecule has 63 heavy (non-hydrogen) atoms. The average molecular weight is 851 g/mol. The lowest BCUT2D eigenvalue weighted by Gasteiger charge is -2.22. The standard InChI is InChI=1S/C26H31N3O3.C25H27N3O3/c1-4-12-29(13-5-2)26(31)22-14-21-7-6-20(15-24(21)28-25(27)16-22)19-8-10-23(11-9-19)32-17-18(3)30;1-3-9-28(10-4-2)24(29)19-12-18-6-5-17(13-22(18)27-23(26)14-19)16-7-8-21-20(11-16)15-31-25(21)30/h6-11,14-15H,4-5,12-13,16-17H2,1-3H3,(H2,27,28);5-8,11-13H,3-4,9-10,14-15H2,1-2H3,(H2,26,27). The summed E-state index contributed by atoms with van der Waals surface area (Å²) in [5.41, 5.74) is 22.4. The highest BCUT2D eigenvalue weighted by atomic mass is 16.5. The molecular formula is C51H58N6O6. The first-order valence-corrected chi connectivity index (χ1v) is 21.9. The molecule has 2 amide bonds. The van der Waals surface area contributed by atoms with Crippen LogP contribution in [-0.2, 0) is 25.7 Å². The van der Waals surface area contributed by atoms with Gasteiger partial charge in [-0.1, -0.05) is 70.2 Å². The Kier molecular flexibility index (Phi) is 15.5. The van der Waals surface area contributed by atoms with Gasteiger partial charge in [-0.05, 0) is 103 Å². The van der Waals surface area contributed by atoms with Crippen molar-refractivity contribution in [3.8, 4) is 28.0 Å². The van der Waals surface area contributed by atoms with E-state index in [1.165, 1.54) is 6.92 Å². The highest BCUT2D eigenvalue weighted by Crippen LogP contribution is 2.35. The smallest absolute Gasteiger partial charge is 0.338 e. The van der Waals surface area contributed by atoms with E-state index in [4.69, 9.17) is 20.9 Å². The number of rotatable bonds is 15. The number of hydrogen-bond acceptors (Lipinski definition) is 10. The van der Waals surface area contributed by atoms with Crippen LogP contribution in [0.5, 0.6) is 5.75 Å². The summed E-state index contributed by atoms with van der Waals surface area (Å²) in [5, 5.41) is 0. The molecule has 12 nitrogen and oxygen atoms in total. The monoisotopic (exact) mass is 850 g/mol. The summed E-state index contributed by atoms with van der Waals surface area (Å²) in [5.74, 6) is 1.28. The summed E-state index contributed by atoms with van der Waals surface area (Å²) in [4.78, 5) is 62.0. The third-order valence-corrected chi connectivity index (χ3v) is 10.7. The highest BCUT2D eigenvalue weighted by molar-refractivity contribution is 6.07. The van der Waals surface area contributed by atoms with Crippen molar-refractivity contribution in [1.29, 1.82) is 0 Å². The maximum Gasteiger partial charge on any atom is 0.338 e. The molecule has 328 valence electrons. The van der Waals surface area contributed by atoms with E-state index in [1.807, 2.05) is 94.7 Å². The maximum absolute atomic E-state index is 13.1. The Morgan fingerprint density at radius 1 is 0.635 bits per heavy atom. The fraction of sp³-hybridized carbons (Fsp3) is 0.333. The van der Waals surface area contributed by atoms with E-state index < -0.39 is 0 Å². The van der Waals surface area contributed by atoms with Gasteiger partial charge < -0.3 is 30.7 Å². The number of hydrogen-bond donors (Lipinski definition) is 2. The Balaban J connectivity index is 0.000000210. The number of ketones is 1. The van der Waals surface area contributed by atoms with Crippen molar-refractivity contribution < 1.29 is 28.7 Å². The lowest BCUT2D eigenvalue weighted by Crippen LogP contribution is -2.34. The number of benzene rings is 4. The molecule has 7 rings (SSSR count). The Bertz CT molecular complexity index is 2470. The number of nitrogens with zero attached hydrogens (tertiary/aromatic N) is 4. The Morgan fingerprint density at radius 2 is 1.08 bits per heavy atom. The van der Waals surface area contributed by atoms with Gasteiger partial charge in [0.25, 0.3) is 0 Å². The van der Waals surface area contributed by atoms with E-state index in [9.17, 15) is 19.2 Å². The fourth-order valence-corrected chi connectivity index (χ4v) is 7.77. The molecule has 12 heteroatoms. The first-order chi connectivity index (χ1) is 30.4. The lowest BCUT2D eigenvalue weighted by molar-refractivity contribution is -0.128. The number of esters is 1. The number of Topliss-reactive ketones (excluding diaryl/α,β-unsaturated/α-hetero) is 1. The predicted molar refractivity (Wildman–Crippen MR) is 251 cm³/mol. The molecule has 3 aliphatic heterocycles. The maximum atomic E-state index is 13.1. The molecule has 3 aliphatic rings. The first kappa shape index (κ1) is 45.7. The van der Waals surface area contributed by atoms with Crippen LogP contribution >= 0.6 is 0 Å². The summed E-state index contributed by atoms with van der Waals surface area (Å²) < 4.78 is 10.5. The van der Waals surface area contributed by atoms with Crippen molar-refractivity contribution in [2.45, 2.75) is 79.8 Å². The summed E-state index contributed by atoms with van der Waals surface area (Å²) in [6, 6.07) is 25.2. The van der Waals surface area contributed by atoms with Crippen molar-refractivity contribution in [3.05, 3.63) is 112 Å². The Morgan fingerprint density at radius 3 is 1.56 bits per heavy atom. The SMILES string of the molecule is CCCN(CCC)C(=O)C1=Cc2ccc(-c3ccc(OCC(C)=O)cc3)cc2N=C(N)C1.CCCN(CCC)C(=O)C1=Cc2ccc(-c3ccc4c(c3)COC4=O)cc2N=C(N)C1. The van der Waals surface area contributed by atoms with Crippen molar-refractivity contribution in [3.63, 3.8) is 0 Å².